The predicted octanol–water partition coefficient (Wildman–Crippen LogP) is 4.31. The van der Waals surface area contributed by atoms with Gasteiger partial charge in [-0.15, -0.1) is 0 Å². The molecular formula is C21H18N4O3. The molecule has 140 valence electrons. The van der Waals surface area contributed by atoms with Crippen molar-refractivity contribution in [2.75, 3.05) is 5.73 Å². The summed E-state index contributed by atoms with van der Waals surface area (Å²) in [5, 5.41) is 16.5. The van der Waals surface area contributed by atoms with Crippen LogP contribution in [0.15, 0.2) is 66.7 Å². The second kappa shape index (κ2) is 7.03. The number of ether oxygens (including phenoxy) is 1. The van der Waals surface area contributed by atoms with E-state index in [1.165, 1.54) is 6.07 Å². The van der Waals surface area contributed by atoms with Crippen LogP contribution in [0.3, 0.4) is 0 Å². The first-order chi connectivity index (χ1) is 13.5. The van der Waals surface area contributed by atoms with Gasteiger partial charge in [0.2, 0.25) is 0 Å². The molecule has 0 aliphatic rings. The van der Waals surface area contributed by atoms with E-state index >= 15 is 0 Å². The average Bonchev–Trinajstić information content (AvgIpc) is 3.02. The molecule has 7 nitrogen and oxygen atoms in total. The highest BCUT2D eigenvalue weighted by Crippen LogP contribution is 2.35. The Kier molecular flexibility index (Phi) is 4.41. The molecule has 0 saturated carbocycles. The Bertz CT molecular complexity index is 1170. The molecule has 4 aromatic rings. The van der Waals surface area contributed by atoms with E-state index in [0.717, 1.165) is 16.6 Å². The number of nitrogens with two attached hydrogens (primary N) is 1. The number of fused-ring (bicyclic) bond motifs is 1. The number of hydrogen-bond acceptors (Lipinski definition) is 5. The SMILES string of the molecule is Cn1nc(-c2cccc(OCc3ccccc3)c2)c2cc([N+](=O)[O-])c(N)cc21. The molecule has 0 saturated heterocycles. The molecule has 7 heteroatoms. The Morgan fingerprint density at radius 1 is 1.11 bits per heavy atom. The van der Waals surface area contributed by atoms with Crippen LogP contribution in [-0.4, -0.2) is 14.7 Å². The lowest BCUT2D eigenvalue weighted by Gasteiger charge is -2.07. The quantitative estimate of drug-likeness (QED) is 0.319. The van der Waals surface area contributed by atoms with E-state index in [-0.39, 0.29) is 11.4 Å². The van der Waals surface area contributed by atoms with Gasteiger partial charge in [-0.3, -0.25) is 14.8 Å². The zero-order chi connectivity index (χ0) is 19.7. The van der Waals surface area contributed by atoms with Crippen molar-refractivity contribution in [3.05, 3.63) is 82.4 Å². The maximum absolute atomic E-state index is 11.3. The van der Waals surface area contributed by atoms with Gasteiger partial charge in [0.1, 0.15) is 23.7 Å². The molecule has 0 bridgehead atoms. The van der Waals surface area contributed by atoms with Crippen LogP contribution in [0.25, 0.3) is 22.2 Å². The standard InChI is InChI=1S/C21H18N4O3/c1-24-19-12-18(22)20(25(26)27)11-17(19)21(23-24)15-8-5-9-16(10-15)28-13-14-6-3-2-4-7-14/h2-12H,13,22H2,1H3. The van der Waals surface area contributed by atoms with E-state index in [2.05, 4.69) is 5.10 Å². The molecule has 1 heterocycles. The summed E-state index contributed by atoms with van der Waals surface area (Å²) in [7, 11) is 1.78. The third kappa shape index (κ3) is 3.25. The van der Waals surface area contributed by atoms with Gasteiger partial charge in [0.15, 0.2) is 0 Å². The Balaban J connectivity index is 1.72. The first-order valence-electron chi connectivity index (χ1n) is 8.70. The number of nitro groups is 1. The minimum atomic E-state index is -0.481. The molecule has 0 unspecified atom stereocenters. The third-order valence-electron chi connectivity index (χ3n) is 4.55. The largest absolute Gasteiger partial charge is 0.489 e. The molecule has 28 heavy (non-hydrogen) atoms. The van der Waals surface area contributed by atoms with Gasteiger partial charge in [-0.05, 0) is 23.8 Å². The fraction of sp³-hybridized carbons (Fsp3) is 0.0952. The van der Waals surface area contributed by atoms with Crippen molar-refractivity contribution in [3.8, 4) is 17.0 Å². The van der Waals surface area contributed by atoms with Gasteiger partial charge in [-0.1, -0.05) is 42.5 Å². The highest BCUT2D eigenvalue weighted by molar-refractivity contribution is 5.97. The first-order valence-corrected chi connectivity index (χ1v) is 8.70. The number of aromatic nitrogens is 2. The number of nitrogen functional groups attached to an aromatic ring is 1. The van der Waals surface area contributed by atoms with Gasteiger partial charge in [-0.25, -0.2) is 0 Å². The second-order valence-electron chi connectivity index (χ2n) is 6.46. The van der Waals surface area contributed by atoms with E-state index in [1.54, 1.807) is 17.8 Å². The molecule has 0 aliphatic carbocycles. The van der Waals surface area contributed by atoms with Crippen LogP contribution in [0.2, 0.25) is 0 Å². The van der Waals surface area contributed by atoms with Crippen molar-refractivity contribution in [2.24, 2.45) is 7.05 Å². The third-order valence-corrected chi connectivity index (χ3v) is 4.55. The minimum absolute atomic E-state index is 0.118. The summed E-state index contributed by atoms with van der Waals surface area (Å²) < 4.78 is 7.56. The van der Waals surface area contributed by atoms with Crippen LogP contribution < -0.4 is 10.5 Å². The summed E-state index contributed by atoms with van der Waals surface area (Å²) in [5.41, 5.74) is 9.07. The van der Waals surface area contributed by atoms with Crippen molar-refractivity contribution in [2.45, 2.75) is 6.61 Å². The number of aryl methyl sites for hydroxylation is 1. The van der Waals surface area contributed by atoms with Crippen LogP contribution in [0.1, 0.15) is 5.56 Å². The highest BCUT2D eigenvalue weighted by atomic mass is 16.6. The molecule has 0 fully saturated rings. The lowest BCUT2D eigenvalue weighted by molar-refractivity contribution is -0.383. The Hall–Kier alpha value is -3.87. The van der Waals surface area contributed by atoms with Crippen molar-refractivity contribution in [3.63, 3.8) is 0 Å². The highest BCUT2D eigenvalue weighted by Gasteiger charge is 2.19. The summed E-state index contributed by atoms with van der Waals surface area (Å²) in [6.45, 7) is 0.454. The van der Waals surface area contributed by atoms with E-state index < -0.39 is 4.92 Å². The smallest absolute Gasteiger partial charge is 0.292 e. The van der Waals surface area contributed by atoms with Gasteiger partial charge < -0.3 is 10.5 Å². The van der Waals surface area contributed by atoms with E-state index in [1.807, 2.05) is 54.6 Å². The molecule has 0 aliphatic heterocycles. The van der Waals surface area contributed by atoms with Crippen LogP contribution in [0, 0.1) is 10.1 Å². The Morgan fingerprint density at radius 3 is 2.64 bits per heavy atom. The minimum Gasteiger partial charge on any atom is -0.489 e. The van der Waals surface area contributed by atoms with Gasteiger partial charge in [0.05, 0.1) is 10.4 Å². The Labute approximate surface area is 161 Å². The van der Waals surface area contributed by atoms with E-state index in [9.17, 15) is 10.1 Å². The van der Waals surface area contributed by atoms with Crippen molar-refractivity contribution >= 4 is 22.3 Å². The number of rotatable bonds is 5. The number of anilines is 1. The fourth-order valence-corrected chi connectivity index (χ4v) is 3.15. The molecular weight excluding hydrogens is 356 g/mol. The summed E-state index contributed by atoms with van der Waals surface area (Å²) in [5.74, 6) is 0.699. The summed E-state index contributed by atoms with van der Waals surface area (Å²) in [4.78, 5) is 10.8. The monoisotopic (exact) mass is 374 g/mol. The summed E-state index contributed by atoms with van der Waals surface area (Å²) >= 11 is 0. The van der Waals surface area contributed by atoms with Gasteiger partial charge in [0, 0.05) is 24.1 Å². The molecule has 0 spiro atoms. The molecule has 0 atom stereocenters. The van der Waals surface area contributed by atoms with Gasteiger partial charge in [0.25, 0.3) is 5.69 Å². The number of nitro benzene ring substituents is 1. The van der Waals surface area contributed by atoms with Crippen molar-refractivity contribution in [1.82, 2.24) is 9.78 Å². The fourth-order valence-electron chi connectivity index (χ4n) is 3.15. The van der Waals surface area contributed by atoms with Crippen LogP contribution in [0.4, 0.5) is 11.4 Å². The lowest BCUT2D eigenvalue weighted by Crippen LogP contribution is -1.96. The number of hydrogen-bond donors (Lipinski definition) is 1. The normalized spacial score (nSPS) is 10.9. The Morgan fingerprint density at radius 2 is 1.89 bits per heavy atom. The van der Waals surface area contributed by atoms with Gasteiger partial charge >= 0.3 is 0 Å². The molecule has 1 aromatic heterocycles. The number of benzene rings is 3. The predicted molar refractivity (Wildman–Crippen MR) is 108 cm³/mol. The molecule has 0 radical (unpaired) electrons. The molecule has 2 N–H and O–H groups in total. The topological polar surface area (TPSA) is 96.2 Å². The zero-order valence-corrected chi connectivity index (χ0v) is 15.2. The number of nitrogens with zero attached hydrogens (tertiary/aromatic N) is 3. The van der Waals surface area contributed by atoms with Gasteiger partial charge in [-0.2, -0.15) is 5.10 Å². The molecule has 4 rings (SSSR count). The first kappa shape index (κ1) is 17.5. The van der Waals surface area contributed by atoms with Crippen LogP contribution in [-0.2, 0) is 13.7 Å². The molecule has 3 aromatic carbocycles. The van der Waals surface area contributed by atoms with E-state index in [4.69, 9.17) is 10.5 Å². The maximum atomic E-state index is 11.3. The lowest BCUT2D eigenvalue weighted by atomic mass is 10.1. The summed E-state index contributed by atoms with van der Waals surface area (Å²) in [6, 6.07) is 20.5. The molecule has 0 amide bonds. The van der Waals surface area contributed by atoms with Crippen molar-refractivity contribution in [1.29, 1.82) is 0 Å². The van der Waals surface area contributed by atoms with Crippen LogP contribution >= 0.6 is 0 Å². The van der Waals surface area contributed by atoms with Crippen molar-refractivity contribution < 1.29 is 9.66 Å². The van der Waals surface area contributed by atoms with Crippen LogP contribution in [0.5, 0.6) is 5.75 Å². The maximum Gasteiger partial charge on any atom is 0.292 e. The summed E-state index contributed by atoms with van der Waals surface area (Å²) in [6.07, 6.45) is 0. The average molecular weight is 374 g/mol. The zero-order valence-electron chi connectivity index (χ0n) is 15.2. The van der Waals surface area contributed by atoms with E-state index in [0.29, 0.717) is 23.4 Å². The second-order valence-corrected chi connectivity index (χ2v) is 6.46.